The van der Waals surface area contributed by atoms with Gasteiger partial charge in [0, 0.05) is 32.0 Å². The summed E-state index contributed by atoms with van der Waals surface area (Å²) >= 11 is 1.55. The molecule has 152 valence electrons. The number of thiazole rings is 1. The summed E-state index contributed by atoms with van der Waals surface area (Å²) in [7, 11) is 0. The molecule has 1 amide bonds. The minimum absolute atomic E-state index is 0.0125. The van der Waals surface area contributed by atoms with Gasteiger partial charge in [-0.1, -0.05) is 35.6 Å². The first-order valence-corrected chi connectivity index (χ1v) is 10.7. The Morgan fingerprint density at radius 3 is 2.77 bits per heavy atom. The van der Waals surface area contributed by atoms with E-state index in [1.807, 2.05) is 25.1 Å². The maximum atomic E-state index is 12.9. The van der Waals surface area contributed by atoms with Crippen molar-refractivity contribution < 1.29 is 13.9 Å². The van der Waals surface area contributed by atoms with E-state index in [2.05, 4.69) is 4.98 Å². The van der Waals surface area contributed by atoms with Gasteiger partial charge in [0.1, 0.15) is 11.7 Å². The van der Waals surface area contributed by atoms with Gasteiger partial charge in [-0.3, -0.25) is 9.59 Å². The van der Waals surface area contributed by atoms with Gasteiger partial charge >= 0.3 is 0 Å². The highest BCUT2D eigenvalue weighted by molar-refractivity contribution is 7.20. The molecule has 0 atom stereocenters. The zero-order valence-electron chi connectivity index (χ0n) is 16.5. The van der Waals surface area contributed by atoms with Crippen molar-refractivity contribution in [2.75, 3.05) is 13.1 Å². The van der Waals surface area contributed by atoms with Gasteiger partial charge in [0.2, 0.25) is 0 Å². The minimum Gasteiger partial charge on any atom is -0.467 e. The topological polar surface area (TPSA) is 72.6 Å². The number of carbonyl (C=O) groups is 1. The fourth-order valence-electron chi connectivity index (χ4n) is 3.80. The number of ether oxygens (including phenoxy) is 1. The first kappa shape index (κ1) is 18.8. The van der Waals surface area contributed by atoms with Crippen molar-refractivity contribution in [3.05, 3.63) is 70.1 Å². The molecule has 6 nitrogen and oxygen atoms in total. The fourth-order valence-corrected chi connectivity index (χ4v) is 4.76. The van der Waals surface area contributed by atoms with E-state index in [1.165, 1.54) is 6.07 Å². The van der Waals surface area contributed by atoms with Crippen LogP contribution in [0.1, 0.15) is 29.0 Å². The molecule has 7 heteroatoms. The molecule has 3 heterocycles. The van der Waals surface area contributed by atoms with Gasteiger partial charge in [-0.25, -0.2) is 4.98 Å². The number of hydrogen-bond donors (Lipinski definition) is 0. The SMILES string of the molecule is Cc1cccc2sc(OC3CCN(C(=O)c4cc(=O)c5ccccc5o4)CC3)nc12. The molecule has 1 aliphatic heterocycles. The first-order valence-electron chi connectivity index (χ1n) is 9.93. The number of benzene rings is 2. The third kappa shape index (κ3) is 3.45. The van der Waals surface area contributed by atoms with Crippen molar-refractivity contribution in [3.8, 4) is 5.19 Å². The quantitative estimate of drug-likeness (QED) is 0.491. The number of para-hydroxylation sites is 2. The number of aryl methyl sites for hydroxylation is 1. The van der Waals surface area contributed by atoms with E-state index >= 15 is 0 Å². The number of aromatic nitrogens is 1. The van der Waals surface area contributed by atoms with Crippen LogP contribution in [0.15, 0.2) is 57.7 Å². The highest BCUT2D eigenvalue weighted by Crippen LogP contribution is 2.31. The molecule has 1 saturated heterocycles. The van der Waals surface area contributed by atoms with Crippen molar-refractivity contribution in [1.82, 2.24) is 9.88 Å². The average Bonchev–Trinajstić information content (AvgIpc) is 3.18. The summed E-state index contributed by atoms with van der Waals surface area (Å²) in [5, 5.41) is 1.15. The maximum Gasteiger partial charge on any atom is 0.289 e. The predicted molar refractivity (Wildman–Crippen MR) is 116 cm³/mol. The Bertz CT molecular complexity index is 1300. The predicted octanol–water partition coefficient (Wildman–Crippen LogP) is 4.39. The van der Waals surface area contributed by atoms with E-state index in [1.54, 1.807) is 40.5 Å². The molecule has 0 saturated carbocycles. The summed E-state index contributed by atoms with van der Waals surface area (Å²) in [6.07, 6.45) is 1.43. The van der Waals surface area contributed by atoms with E-state index < -0.39 is 0 Å². The minimum atomic E-state index is -0.257. The lowest BCUT2D eigenvalue weighted by Gasteiger charge is -2.31. The number of nitrogens with zero attached hydrogens (tertiary/aromatic N) is 2. The molecule has 0 bridgehead atoms. The van der Waals surface area contributed by atoms with Crippen LogP contribution in [0.5, 0.6) is 5.19 Å². The van der Waals surface area contributed by atoms with Crippen LogP contribution in [-0.2, 0) is 0 Å². The number of amides is 1. The van der Waals surface area contributed by atoms with Crippen molar-refractivity contribution >= 4 is 38.4 Å². The molecular weight excluding hydrogens is 400 g/mol. The maximum absolute atomic E-state index is 12.9. The fraction of sp³-hybridized carbons (Fsp3) is 0.261. The monoisotopic (exact) mass is 420 g/mol. The number of likely N-dealkylation sites (tertiary alicyclic amines) is 1. The Balaban J connectivity index is 1.27. The number of hydrogen-bond acceptors (Lipinski definition) is 6. The van der Waals surface area contributed by atoms with Crippen LogP contribution in [0.2, 0.25) is 0 Å². The lowest BCUT2D eigenvalue weighted by atomic mass is 10.1. The summed E-state index contributed by atoms with van der Waals surface area (Å²) in [4.78, 5) is 31.5. The van der Waals surface area contributed by atoms with Gasteiger partial charge in [0.25, 0.3) is 11.1 Å². The van der Waals surface area contributed by atoms with Gasteiger partial charge in [0.05, 0.1) is 15.6 Å². The van der Waals surface area contributed by atoms with E-state index in [9.17, 15) is 9.59 Å². The van der Waals surface area contributed by atoms with Crippen molar-refractivity contribution in [2.24, 2.45) is 0 Å². The third-order valence-electron chi connectivity index (χ3n) is 5.44. The molecule has 2 aromatic carbocycles. The van der Waals surface area contributed by atoms with E-state index in [0.29, 0.717) is 42.1 Å². The van der Waals surface area contributed by atoms with Crippen LogP contribution in [0.3, 0.4) is 0 Å². The summed E-state index contributed by atoms with van der Waals surface area (Å²) in [5.74, 6) is -0.174. The van der Waals surface area contributed by atoms with E-state index in [0.717, 1.165) is 15.8 Å². The van der Waals surface area contributed by atoms with Crippen LogP contribution in [0.4, 0.5) is 0 Å². The van der Waals surface area contributed by atoms with Crippen LogP contribution in [0, 0.1) is 6.92 Å². The Morgan fingerprint density at radius 2 is 1.97 bits per heavy atom. The molecule has 0 aliphatic carbocycles. The van der Waals surface area contributed by atoms with Crippen LogP contribution < -0.4 is 10.2 Å². The molecule has 1 aliphatic rings. The van der Waals surface area contributed by atoms with Gasteiger partial charge in [0.15, 0.2) is 11.2 Å². The van der Waals surface area contributed by atoms with Gasteiger partial charge in [-0.05, 0) is 30.7 Å². The normalized spacial score (nSPS) is 15.0. The molecule has 5 rings (SSSR count). The smallest absolute Gasteiger partial charge is 0.289 e. The standard InChI is InChI=1S/C23H20N2O4S/c1-14-5-4-8-20-21(14)24-23(30-20)28-15-9-11-25(12-10-15)22(27)19-13-17(26)16-6-2-3-7-18(16)29-19/h2-8,13,15H,9-12H2,1H3. The Morgan fingerprint density at radius 1 is 1.17 bits per heavy atom. The Labute approximate surface area is 176 Å². The summed E-state index contributed by atoms with van der Waals surface area (Å²) in [6.45, 7) is 3.13. The van der Waals surface area contributed by atoms with Crippen LogP contribution in [0.25, 0.3) is 21.2 Å². The Hall–Kier alpha value is -3.19. The highest BCUT2D eigenvalue weighted by atomic mass is 32.1. The van der Waals surface area contributed by atoms with Gasteiger partial charge in [-0.2, -0.15) is 0 Å². The molecule has 2 aromatic heterocycles. The van der Waals surface area contributed by atoms with E-state index in [-0.39, 0.29) is 23.2 Å². The summed E-state index contributed by atoms with van der Waals surface area (Å²) in [6, 6.07) is 14.4. The Kier molecular flexibility index (Phi) is 4.75. The summed E-state index contributed by atoms with van der Waals surface area (Å²) < 4.78 is 12.9. The second kappa shape index (κ2) is 7.57. The van der Waals surface area contributed by atoms with Gasteiger partial charge < -0.3 is 14.1 Å². The number of fused-ring (bicyclic) bond motifs is 2. The molecule has 1 fully saturated rings. The number of piperidine rings is 1. The van der Waals surface area contributed by atoms with Crippen molar-refractivity contribution in [3.63, 3.8) is 0 Å². The lowest BCUT2D eigenvalue weighted by Crippen LogP contribution is -2.42. The first-order chi connectivity index (χ1) is 14.6. The second-order valence-corrected chi connectivity index (χ2v) is 8.48. The zero-order valence-corrected chi connectivity index (χ0v) is 17.3. The third-order valence-corrected chi connectivity index (χ3v) is 6.35. The number of carbonyl (C=O) groups excluding carboxylic acids is 1. The highest BCUT2D eigenvalue weighted by Gasteiger charge is 2.27. The molecule has 0 unspecified atom stereocenters. The molecule has 4 aromatic rings. The molecule has 30 heavy (non-hydrogen) atoms. The number of rotatable bonds is 3. The lowest BCUT2D eigenvalue weighted by molar-refractivity contribution is 0.0567. The summed E-state index contributed by atoms with van der Waals surface area (Å²) in [5.41, 5.74) is 2.34. The van der Waals surface area contributed by atoms with Crippen molar-refractivity contribution in [2.45, 2.75) is 25.9 Å². The zero-order chi connectivity index (χ0) is 20.7. The average molecular weight is 420 g/mol. The molecule has 0 spiro atoms. The largest absolute Gasteiger partial charge is 0.467 e. The molecule has 0 radical (unpaired) electrons. The second-order valence-electron chi connectivity index (χ2n) is 7.48. The van der Waals surface area contributed by atoms with Crippen molar-refractivity contribution in [1.29, 1.82) is 0 Å². The van der Waals surface area contributed by atoms with Crippen LogP contribution in [-0.4, -0.2) is 35.0 Å². The molecular formula is C23H20N2O4S. The van der Waals surface area contributed by atoms with Gasteiger partial charge in [-0.15, -0.1) is 0 Å². The van der Waals surface area contributed by atoms with Crippen LogP contribution >= 0.6 is 11.3 Å². The molecule has 0 N–H and O–H groups in total. The van der Waals surface area contributed by atoms with E-state index in [4.69, 9.17) is 9.15 Å².